The number of aliphatic hydroxyl groups excluding tert-OH is 7. The predicted octanol–water partition coefficient (Wildman–Crippen LogP) is 11.6. The summed E-state index contributed by atoms with van der Waals surface area (Å²) in [4.78, 5) is 13.1. The predicted molar refractivity (Wildman–Crippen MR) is 275 cm³/mol. The minimum absolute atomic E-state index is 0.248. The lowest BCUT2D eigenvalue weighted by atomic mass is 9.98. The van der Waals surface area contributed by atoms with Gasteiger partial charge in [0.2, 0.25) is 5.91 Å². The maximum Gasteiger partial charge on any atom is 0.249 e. The van der Waals surface area contributed by atoms with Crippen LogP contribution in [-0.4, -0.2) is 110 Å². The zero-order chi connectivity index (χ0) is 49.0. The zero-order valence-electron chi connectivity index (χ0n) is 43.4. The number of amides is 1. The molecule has 0 spiro atoms. The summed E-state index contributed by atoms with van der Waals surface area (Å²) < 4.78 is 11.1. The average molecular weight is 956 g/mol. The third kappa shape index (κ3) is 34.8. The van der Waals surface area contributed by atoms with Crippen LogP contribution in [0.25, 0.3) is 0 Å². The molecule has 1 aliphatic heterocycles. The van der Waals surface area contributed by atoms with Crippen LogP contribution in [0, 0.1) is 0 Å². The quantitative estimate of drug-likeness (QED) is 0.0215. The molecule has 0 radical (unpaired) electrons. The lowest BCUT2D eigenvalue weighted by molar-refractivity contribution is -0.303. The van der Waals surface area contributed by atoms with E-state index < -0.39 is 74.2 Å². The molecule has 398 valence electrons. The molecular weight excluding hydrogens is 847 g/mol. The maximum absolute atomic E-state index is 13.1. The molecule has 1 aliphatic rings. The Hall–Kier alpha value is -1.15. The van der Waals surface area contributed by atoms with Gasteiger partial charge < -0.3 is 50.5 Å². The van der Waals surface area contributed by atoms with Gasteiger partial charge in [0.15, 0.2) is 6.29 Å². The molecular formula is C56H109NO10. The van der Waals surface area contributed by atoms with Crippen molar-refractivity contribution >= 4 is 5.91 Å². The molecule has 0 aliphatic carbocycles. The van der Waals surface area contributed by atoms with Crippen molar-refractivity contribution in [3.63, 3.8) is 0 Å². The van der Waals surface area contributed by atoms with Gasteiger partial charge in [0.1, 0.15) is 36.6 Å². The van der Waals surface area contributed by atoms with Crippen molar-refractivity contribution in [1.29, 1.82) is 0 Å². The van der Waals surface area contributed by atoms with Gasteiger partial charge in [-0.3, -0.25) is 4.79 Å². The number of nitrogens with one attached hydrogen (secondary N) is 1. The number of carbonyl (C=O) groups excluding carboxylic acids is 1. The van der Waals surface area contributed by atoms with E-state index in [1.54, 1.807) is 0 Å². The van der Waals surface area contributed by atoms with Crippen molar-refractivity contribution in [3.05, 3.63) is 12.2 Å². The minimum Gasteiger partial charge on any atom is -0.394 e. The number of aliphatic hydroxyl groups is 7. The first-order valence-electron chi connectivity index (χ1n) is 28.6. The Labute approximate surface area is 411 Å². The fourth-order valence-electron chi connectivity index (χ4n) is 9.38. The zero-order valence-corrected chi connectivity index (χ0v) is 43.4. The van der Waals surface area contributed by atoms with Crippen molar-refractivity contribution in [3.8, 4) is 0 Å². The molecule has 8 N–H and O–H groups in total. The number of ether oxygens (including phenoxy) is 2. The fourth-order valence-corrected chi connectivity index (χ4v) is 9.38. The number of hydrogen-bond donors (Lipinski definition) is 8. The number of unbranched alkanes of at least 4 members (excludes halogenated alkanes) is 35. The van der Waals surface area contributed by atoms with Crippen LogP contribution in [0.15, 0.2) is 12.2 Å². The Morgan fingerprint density at radius 3 is 1.25 bits per heavy atom. The molecule has 0 bridgehead atoms. The molecule has 9 atom stereocenters. The van der Waals surface area contributed by atoms with E-state index in [-0.39, 0.29) is 6.42 Å². The van der Waals surface area contributed by atoms with Gasteiger partial charge in [0.05, 0.1) is 25.4 Å². The standard InChI is InChI=1S/C56H109NO10/c1-3-5-7-9-11-13-15-17-19-20-21-22-23-24-25-26-27-28-30-31-33-35-37-39-41-43-48(59)51(61)47(46-66-56-54(64)53(63)52(62)50(45-58)67-56)57-55(65)49(60)44-42-40-38-36-34-32-29-18-16-14-12-10-8-6-4-2/h29,32,47-54,56,58-64H,3-28,30-31,33-46H2,1-2H3,(H,57,65)/b32-29-. The van der Waals surface area contributed by atoms with E-state index in [1.165, 1.54) is 180 Å². The third-order valence-corrected chi connectivity index (χ3v) is 14.1. The van der Waals surface area contributed by atoms with Gasteiger partial charge in [-0.15, -0.1) is 0 Å². The Kier molecular flexibility index (Phi) is 43.8. The van der Waals surface area contributed by atoms with Gasteiger partial charge in [-0.25, -0.2) is 0 Å². The highest BCUT2D eigenvalue weighted by Crippen LogP contribution is 2.23. The summed E-state index contributed by atoms with van der Waals surface area (Å²) in [5.74, 6) is -0.702. The molecule has 1 heterocycles. The number of rotatable bonds is 49. The second-order valence-electron chi connectivity index (χ2n) is 20.4. The van der Waals surface area contributed by atoms with Gasteiger partial charge in [0.25, 0.3) is 0 Å². The van der Waals surface area contributed by atoms with E-state index >= 15 is 0 Å². The highest BCUT2D eigenvalue weighted by Gasteiger charge is 2.44. The van der Waals surface area contributed by atoms with Crippen LogP contribution in [0.5, 0.6) is 0 Å². The smallest absolute Gasteiger partial charge is 0.249 e. The van der Waals surface area contributed by atoms with Crippen LogP contribution in [0.4, 0.5) is 0 Å². The van der Waals surface area contributed by atoms with Crippen LogP contribution in [-0.2, 0) is 14.3 Å². The van der Waals surface area contributed by atoms with E-state index in [9.17, 15) is 40.5 Å². The molecule has 1 amide bonds. The van der Waals surface area contributed by atoms with Crippen LogP contribution in [0.2, 0.25) is 0 Å². The normalized spacial score (nSPS) is 20.6. The third-order valence-electron chi connectivity index (χ3n) is 14.1. The molecule has 0 saturated carbocycles. The summed E-state index contributed by atoms with van der Waals surface area (Å²) in [6.45, 7) is 3.47. The second-order valence-corrected chi connectivity index (χ2v) is 20.4. The van der Waals surface area contributed by atoms with E-state index in [4.69, 9.17) is 9.47 Å². The summed E-state index contributed by atoms with van der Waals surface area (Å²) >= 11 is 0. The molecule has 67 heavy (non-hydrogen) atoms. The van der Waals surface area contributed by atoms with Gasteiger partial charge in [-0.2, -0.15) is 0 Å². The monoisotopic (exact) mass is 956 g/mol. The van der Waals surface area contributed by atoms with Crippen molar-refractivity contribution in [2.24, 2.45) is 0 Å². The van der Waals surface area contributed by atoms with Crippen molar-refractivity contribution in [1.82, 2.24) is 5.32 Å². The van der Waals surface area contributed by atoms with E-state index in [0.717, 1.165) is 51.4 Å². The van der Waals surface area contributed by atoms with E-state index in [1.807, 2.05) is 0 Å². The largest absolute Gasteiger partial charge is 0.394 e. The summed E-state index contributed by atoms with van der Waals surface area (Å²) in [5, 5.41) is 76.1. The molecule has 1 fully saturated rings. The van der Waals surface area contributed by atoms with Crippen LogP contribution < -0.4 is 5.32 Å². The fraction of sp³-hybridized carbons (Fsp3) is 0.946. The average Bonchev–Trinajstić information content (AvgIpc) is 3.33. The van der Waals surface area contributed by atoms with Gasteiger partial charge in [-0.05, 0) is 38.5 Å². The van der Waals surface area contributed by atoms with E-state index in [0.29, 0.717) is 19.3 Å². The van der Waals surface area contributed by atoms with Crippen molar-refractivity contribution < 1.29 is 50.0 Å². The van der Waals surface area contributed by atoms with Gasteiger partial charge >= 0.3 is 0 Å². The van der Waals surface area contributed by atoms with Crippen molar-refractivity contribution in [2.45, 2.75) is 326 Å². The molecule has 11 nitrogen and oxygen atoms in total. The molecule has 9 unspecified atom stereocenters. The maximum atomic E-state index is 13.1. The second kappa shape index (κ2) is 46.0. The van der Waals surface area contributed by atoms with E-state index in [2.05, 4.69) is 31.3 Å². The molecule has 0 aromatic heterocycles. The highest BCUT2D eigenvalue weighted by atomic mass is 16.7. The van der Waals surface area contributed by atoms with Crippen LogP contribution in [0.1, 0.15) is 271 Å². The number of allylic oxidation sites excluding steroid dienone is 2. The number of hydrogen-bond acceptors (Lipinski definition) is 10. The van der Waals surface area contributed by atoms with Crippen molar-refractivity contribution in [2.75, 3.05) is 13.2 Å². The first kappa shape index (κ1) is 63.9. The summed E-state index contributed by atoms with van der Waals surface area (Å²) in [6, 6.07) is -1.17. The SMILES string of the molecule is CCCCCCCCC/C=C\CCCCCCC(O)C(=O)NC(COC1OC(CO)C(O)C(O)C1O)C(O)C(O)CCCCCCCCCCCCCCCCCCCCCCCCCCC. The lowest BCUT2D eigenvalue weighted by Gasteiger charge is -2.40. The first-order chi connectivity index (χ1) is 32.7. The highest BCUT2D eigenvalue weighted by molar-refractivity contribution is 5.80. The Morgan fingerprint density at radius 2 is 0.866 bits per heavy atom. The van der Waals surface area contributed by atoms with Crippen LogP contribution in [0.3, 0.4) is 0 Å². The lowest BCUT2D eigenvalue weighted by Crippen LogP contribution is -2.60. The summed E-state index contributed by atoms with van der Waals surface area (Å²) in [5.41, 5.74) is 0. The first-order valence-corrected chi connectivity index (χ1v) is 28.6. The van der Waals surface area contributed by atoms with Gasteiger partial charge in [0, 0.05) is 0 Å². The summed E-state index contributed by atoms with van der Waals surface area (Å²) in [6.07, 6.45) is 41.2. The Bertz CT molecular complexity index is 1100. The Morgan fingerprint density at radius 1 is 0.507 bits per heavy atom. The Balaban J connectivity index is 2.29. The molecule has 1 rings (SSSR count). The number of carbonyl (C=O) groups is 1. The molecule has 0 aromatic rings. The molecule has 0 aromatic carbocycles. The minimum atomic E-state index is -1.66. The molecule has 11 heteroatoms. The van der Waals surface area contributed by atoms with Crippen LogP contribution >= 0.6 is 0 Å². The van der Waals surface area contributed by atoms with Gasteiger partial charge in [-0.1, -0.05) is 244 Å². The summed E-state index contributed by atoms with van der Waals surface area (Å²) in [7, 11) is 0. The topological polar surface area (TPSA) is 189 Å². The molecule has 1 saturated heterocycles.